The monoisotopic (exact) mass is 436 g/mol. The number of hydrogen-bond donors (Lipinski definition) is 0. The van der Waals surface area contributed by atoms with Gasteiger partial charge in [-0.1, -0.05) is 87.4 Å². The van der Waals surface area contributed by atoms with Crippen molar-refractivity contribution in [2.24, 2.45) is 0 Å². The van der Waals surface area contributed by atoms with Gasteiger partial charge in [0.05, 0.1) is 13.2 Å². The van der Waals surface area contributed by atoms with Gasteiger partial charge in [0.2, 0.25) is 11.6 Å². The molecule has 32 heavy (non-hydrogen) atoms. The summed E-state index contributed by atoms with van der Waals surface area (Å²) in [6, 6.07) is 16.0. The number of rotatable bonds is 12. The number of carbonyl (C=O) groups is 4. The minimum absolute atomic E-state index is 0.0680. The van der Waals surface area contributed by atoms with Crippen molar-refractivity contribution in [1.82, 2.24) is 0 Å². The van der Waals surface area contributed by atoms with E-state index in [1.165, 1.54) is 24.3 Å². The van der Waals surface area contributed by atoms with Crippen molar-refractivity contribution in [3.8, 4) is 0 Å². The first-order valence-corrected chi connectivity index (χ1v) is 10.8. The zero-order valence-electron chi connectivity index (χ0n) is 18.5. The van der Waals surface area contributed by atoms with Crippen LogP contribution in [0.3, 0.4) is 0 Å². The normalized spacial score (nSPS) is 11.3. The van der Waals surface area contributed by atoms with E-state index < -0.39 is 34.7 Å². The first-order valence-electron chi connectivity index (χ1n) is 10.8. The number of benzene rings is 2. The molecular formula is C26H28O6. The van der Waals surface area contributed by atoms with Crippen LogP contribution in [0.5, 0.6) is 0 Å². The van der Waals surface area contributed by atoms with E-state index in [2.05, 4.69) is 0 Å². The molecule has 0 saturated heterocycles. The highest BCUT2D eigenvalue weighted by Crippen LogP contribution is 2.21. The van der Waals surface area contributed by atoms with Crippen LogP contribution in [0, 0.1) is 0 Å². The summed E-state index contributed by atoms with van der Waals surface area (Å²) in [5.74, 6) is -3.56. The van der Waals surface area contributed by atoms with Gasteiger partial charge in [-0.25, -0.2) is 9.59 Å². The molecule has 0 aromatic heterocycles. The standard InChI is InChI=1S/C26H28O6/c1-3-5-17-31-25(29)21(23(27)19-13-9-7-10-14-19)22(26(30)32-18-6-4-2)24(28)20-15-11-8-12-16-20/h7-16H,3-6,17-18H2,1-2H3/b22-21-. The van der Waals surface area contributed by atoms with E-state index in [-0.39, 0.29) is 24.3 Å². The molecule has 6 nitrogen and oxygen atoms in total. The van der Waals surface area contributed by atoms with Crippen molar-refractivity contribution >= 4 is 23.5 Å². The van der Waals surface area contributed by atoms with E-state index in [1.807, 2.05) is 13.8 Å². The summed E-state index contributed by atoms with van der Waals surface area (Å²) in [5.41, 5.74) is -0.894. The third-order valence-electron chi connectivity index (χ3n) is 4.65. The maximum Gasteiger partial charge on any atom is 0.343 e. The highest BCUT2D eigenvalue weighted by molar-refractivity contribution is 6.36. The van der Waals surface area contributed by atoms with Crippen LogP contribution in [0.2, 0.25) is 0 Å². The van der Waals surface area contributed by atoms with Crippen LogP contribution in [0.4, 0.5) is 0 Å². The molecule has 2 aromatic rings. The molecule has 0 heterocycles. The summed E-state index contributed by atoms with van der Waals surface area (Å²) in [6.07, 6.45) is 2.71. The van der Waals surface area contributed by atoms with Gasteiger partial charge in [-0.2, -0.15) is 0 Å². The summed E-state index contributed by atoms with van der Waals surface area (Å²) in [7, 11) is 0. The zero-order chi connectivity index (χ0) is 23.3. The Bertz CT molecular complexity index is 881. The van der Waals surface area contributed by atoms with Crippen LogP contribution in [-0.4, -0.2) is 36.7 Å². The first kappa shape index (κ1) is 24.7. The highest BCUT2D eigenvalue weighted by Gasteiger charge is 2.34. The number of Topliss-reactive ketones (excluding diaryl/α,β-unsaturated/α-hetero) is 2. The van der Waals surface area contributed by atoms with Gasteiger partial charge in [0, 0.05) is 11.1 Å². The molecule has 0 aliphatic rings. The predicted molar refractivity (Wildman–Crippen MR) is 120 cm³/mol. The van der Waals surface area contributed by atoms with Crippen LogP contribution >= 0.6 is 0 Å². The Kier molecular flexibility index (Phi) is 10.0. The zero-order valence-corrected chi connectivity index (χ0v) is 18.5. The van der Waals surface area contributed by atoms with E-state index in [4.69, 9.17) is 9.47 Å². The molecule has 0 N–H and O–H groups in total. The van der Waals surface area contributed by atoms with Crippen LogP contribution in [-0.2, 0) is 19.1 Å². The third-order valence-corrected chi connectivity index (χ3v) is 4.65. The van der Waals surface area contributed by atoms with Crippen molar-refractivity contribution in [1.29, 1.82) is 0 Å². The van der Waals surface area contributed by atoms with E-state index in [1.54, 1.807) is 36.4 Å². The van der Waals surface area contributed by atoms with Crippen LogP contribution in [0.15, 0.2) is 71.8 Å². The van der Waals surface area contributed by atoms with Gasteiger partial charge in [-0.15, -0.1) is 0 Å². The minimum atomic E-state index is -1.01. The number of carbonyl (C=O) groups excluding carboxylic acids is 4. The molecular weight excluding hydrogens is 408 g/mol. The van der Waals surface area contributed by atoms with Crippen molar-refractivity contribution in [3.63, 3.8) is 0 Å². The maximum absolute atomic E-state index is 13.3. The molecule has 0 bridgehead atoms. The lowest BCUT2D eigenvalue weighted by molar-refractivity contribution is -0.141. The summed E-state index contributed by atoms with van der Waals surface area (Å²) in [4.78, 5) is 52.6. The lowest BCUT2D eigenvalue weighted by Crippen LogP contribution is -2.27. The summed E-state index contributed by atoms with van der Waals surface area (Å²) in [5, 5.41) is 0. The first-order chi connectivity index (χ1) is 15.5. The molecule has 0 unspecified atom stereocenters. The van der Waals surface area contributed by atoms with Gasteiger partial charge in [0.15, 0.2) is 0 Å². The fraction of sp³-hybridized carbons (Fsp3) is 0.308. The summed E-state index contributed by atoms with van der Waals surface area (Å²) >= 11 is 0. The van der Waals surface area contributed by atoms with E-state index in [0.29, 0.717) is 12.8 Å². The smallest absolute Gasteiger partial charge is 0.343 e. The van der Waals surface area contributed by atoms with E-state index >= 15 is 0 Å². The van der Waals surface area contributed by atoms with Crippen molar-refractivity contribution in [2.45, 2.75) is 39.5 Å². The molecule has 0 atom stereocenters. The highest BCUT2D eigenvalue weighted by atomic mass is 16.5. The second-order valence-electron chi connectivity index (χ2n) is 7.12. The Morgan fingerprint density at radius 2 is 0.938 bits per heavy atom. The molecule has 168 valence electrons. The molecule has 0 spiro atoms. The SMILES string of the molecule is CCCCOC(=O)/C(C(=O)c1ccccc1)=C(\C(=O)OCCCC)C(=O)c1ccccc1. The van der Waals surface area contributed by atoms with E-state index in [0.717, 1.165) is 12.8 Å². The summed E-state index contributed by atoms with van der Waals surface area (Å²) in [6.45, 7) is 3.99. The second kappa shape index (κ2) is 13.0. The molecule has 0 amide bonds. The van der Waals surface area contributed by atoms with E-state index in [9.17, 15) is 19.2 Å². The van der Waals surface area contributed by atoms with Crippen molar-refractivity contribution in [3.05, 3.63) is 82.9 Å². The molecule has 0 fully saturated rings. The van der Waals surface area contributed by atoms with Gasteiger partial charge >= 0.3 is 11.9 Å². The molecule has 0 aliphatic carbocycles. The fourth-order valence-corrected chi connectivity index (χ4v) is 2.85. The number of ether oxygens (including phenoxy) is 2. The van der Waals surface area contributed by atoms with Crippen LogP contribution in [0.25, 0.3) is 0 Å². The number of ketones is 2. The van der Waals surface area contributed by atoms with Gasteiger partial charge in [-0.3, -0.25) is 9.59 Å². The Morgan fingerprint density at radius 3 is 1.25 bits per heavy atom. The average Bonchev–Trinajstić information content (AvgIpc) is 2.83. The van der Waals surface area contributed by atoms with Crippen molar-refractivity contribution in [2.75, 3.05) is 13.2 Å². The van der Waals surface area contributed by atoms with Gasteiger partial charge < -0.3 is 9.47 Å². The van der Waals surface area contributed by atoms with Gasteiger partial charge in [0.25, 0.3) is 0 Å². The minimum Gasteiger partial charge on any atom is -0.462 e. The summed E-state index contributed by atoms with van der Waals surface area (Å²) < 4.78 is 10.5. The van der Waals surface area contributed by atoms with Gasteiger partial charge in [-0.05, 0) is 12.8 Å². The molecule has 2 rings (SSSR count). The molecule has 6 heteroatoms. The number of unbranched alkanes of at least 4 members (excludes halogenated alkanes) is 2. The Labute approximate surface area is 188 Å². The number of esters is 2. The fourth-order valence-electron chi connectivity index (χ4n) is 2.85. The Balaban J connectivity index is 2.63. The molecule has 0 radical (unpaired) electrons. The molecule has 2 aromatic carbocycles. The lowest BCUT2D eigenvalue weighted by atomic mass is 9.93. The largest absolute Gasteiger partial charge is 0.462 e. The average molecular weight is 437 g/mol. The predicted octanol–water partition coefficient (Wildman–Crippen LogP) is 4.74. The second-order valence-corrected chi connectivity index (χ2v) is 7.12. The van der Waals surface area contributed by atoms with Crippen LogP contribution in [0.1, 0.15) is 60.2 Å². The number of hydrogen-bond acceptors (Lipinski definition) is 6. The van der Waals surface area contributed by atoms with Gasteiger partial charge in [0.1, 0.15) is 11.1 Å². The lowest BCUT2D eigenvalue weighted by Gasteiger charge is -2.14. The quantitative estimate of drug-likeness (QED) is 0.119. The molecule has 0 aliphatic heterocycles. The Hall–Kier alpha value is -3.54. The Morgan fingerprint density at radius 1 is 0.594 bits per heavy atom. The van der Waals surface area contributed by atoms with Crippen LogP contribution < -0.4 is 0 Å². The third kappa shape index (κ3) is 6.74. The van der Waals surface area contributed by atoms with Crippen molar-refractivity contribution < 1.29 is 28.7 Å². The topological polar surface area (TPSA) is 86.7 Å². The maximum atomic E-state index is 13.3. The molecule has 0 saturated carbocycles.